The Kier molecular flexibility index (Phi) is 2.37. The van der Waals surface area contributed by atoms with Crippen molar-refractivity contribution in [2.45, 2.75) is 6.10 Å². The van der Waals surface area contributed by atoms with E-state index in [0.717, 1.165) is 6.61 Å². The van der Waals surface area contributed by atoms with E-state index in [1.54, 1.807) is 6.07 Å². The molecule has 1 heterocycles. The maximum atomic E-state index is 10.4. The molecule has 0 spiro atoms. The Morgan fingerprint density at radius 2 is 2.43 bits per heavy atom. The molecule has 0 radical (unpaired) electrons. The molecular weight excluding hydrogens is 184 g/mol. The van der Waals surface area contributed by atoms with Crippen LogP contribution in [0.25, 0.3) is 0 Å². The van der Waals surface area contributed by atoms with Crippen LogP contribution in [0.4, 0.5) is 0 Å². The highest BCUT2D eigenvalue weighted by Gasteiger charge is 2.23. The second-order valence-electron chi connectivity index (χ2n) is 3.10. The molecule has 1 unspecified atom stereocenters. The number of epoxide rings is 1. The number of hydrogen-bond donors (Lipinski definition) is 1. The summed E-state index contributed by atoms with van der Waals surface area (Å²) in [5.41, 5.74) is 0.264. The molecule has 1 atom stereocenters. The molecule has 1 fully saturated rings. The number of phenols is 1. The second kappa shape index (κ2) is 3.67. The van der Waals surface area contributed by atoms with Crippen molar-refractivity contribution in [3.05, 3.63) is 23.8 Å². The molecule has 1 N–H and O–H groups in total. The summed E-state index contributed by atoms with van der Waals surface area (Å²) in [7, 11) is 0. The molecule has 1 aromatic rings. The van der Waals surface area contributed by atoms with E-state index in [-0.39, 0.29) is 17.4 Å². The predicted octanol–water partition coefficient (Wildman–Crippen LogP) is 0.982. The summed E-state index contributed by atoms with van der Waals surface area (Å²) in [5.74, 6) is 0.484. The van der Waals surface area contributed by atoms with Crippen molar-refractivity contribution in [2.24, 2.45) is 0 Å². The molecule has 4 heteroatoms. The fourth-order valence-electron chi connectivity index (χ4n) is 1.07. The van der Waals surface area contributed by atoms with Gasteiger partial charge in [-0.2, -0.15) is 0 Å². The normalized spacial score (nSPS) is 19.0. The lowest BCUT2D eigenvalue weighted by atomic mass is 10.2. The fraction of sp³-hybridized carbons (Fsp3) is 0.300. The van der Waals surface area contributed by atoms with Gasteiger partial charge in [-0.15, -0.1) is 0 Å². The average Bonchev–Trinajstić information content (AvgIpc) is 2.98. The van der Waals surface area contributed by atoms with E-state index in [0.29, 0.717) is 18.6 Å². The SMILES string of the molecule is O=Cc1ccc(OCC2CO2)cc1O. The summed E-state index contributed by atoms with van der Waals surface area (Å²) >= 11 is 0. The number of ether oxygens (including phenoxy) is 2. The molecule has 1 aliphatic heterocycles. The van der Waals surface area contributed by atoms with Crippen LogP contribution in [-0.2, 0) is 4.74 Å². The number of phenolic OH excluding ortho intramolecular Hbond substituents is 1. The Bertz CT molecular complexity index is 344. The maximum Gasteiger partial charge on any atom is 0.153 e. The van der Waals surface area contributed by atoms with Gasteiger partial charge in [-0.25, -0.2) is 0 Å². The highest BCUT2D eigenvalue weighted by atomic mass is 16.6. The number of benzene rings is 1. The lowest BCUT2D eigenvalue weighted by Crippen LogP contribution is -2.03. The van der Waals surface area contributed by atoms with Crippen LogP contribution in [0.15, 0.2) is 18.2 Å². The molecule has 0 aliphatic carbocycles. The summed E-state index contributed by atoms with van der Waals surface area (Å²) < 4.78 is 10.3. The quantitative estimate of drug-likeness (QED) is 0.573. The highest BCUT2D eigenvalue weighted by molar-refractivity contribution is 5.79. The highest BCUT2D eigenvalue weighted by Crippen LogP contribution is 2.23. The fourth-order valence-corrected chi connectivity index (χ4v) is 1.07. The van der Waals surface area contributed by atoms with Gasteiger partial charge in [-0.3, -0.25) is 4.79 Å². The van der Waals surface area contributed by atoms with E-state index >= 15 is 0 Å². The van der Waals surface area contributed by atoms with Crippen molar-refractivity contribution in [1.29, 1.82) is 0 Å². The summed E-state index contributed by atoms with van der Waals surface area (Å²) in [6, 6.07) is 4.59. The molecule has 14 heavy (non-hydrogen) atoms. The van der Waals surface area contributed by atoms with Gasteiger partial charge in [0.15, 0.2) is 6.29 Å². The molecule has 4 nitrogen and oxygen atoms in total. The third kappa shape index (κ3) is 2.03. The molecule has 1 aliphatic rings. The van der Waals surface area contributed by atoms with Crippen molar-refractivity contribution in [3.63, 3.8) is 0 Å². The Labute approximate surface area is 81.1 Å². The minimum absolute atomic E-state index is 0.0609. The van der Waals surface area contributed by atoms with E-state index in [1.807, 2.05) is 0 Å². The van der Waals surface area contributed by atoms with Gasteiger partial charge in [0.2, 0.25) is 0 Å². The number of carbonyl (C=O) groups excluding carboxylic acids is 1. The first-order valence-electron chi connectivity index (χ1n) is 4.32. The zero-order valence-electron chi connectivity index (χ0n) is 7.47. The molecule has 0 aromatic heterocycles. The van der Waals surface area contributed by atoms with Gasteiger partial charge in [0, 0.05) is 6.07 Å². The molecule has 0 bridgehead atoms. The summed E-state index contributed by atoms with van der Waals surface area (Å²) in [4.78, 5) is 10.4. The number of carbonyl (C=O) groups is 1. The molecule has 0 saturated carbocycles. The van der Waals surface area contributed by atoms with Gasteiger partial charge in [-0.05, 0) is 12.1 Å². The second-order valence-corrected chi connectivity index (χ2v) is 3.10. The van der Waals surface area contributed by atoms with Crippen LogP contribution in [0.2, 0.25) is 0 Å². The van der Waals surface area contributed by atoms with Crippen molar-refractivity contribution in [2.75, 3.05) is 13.2 Å². The summed E-state index contributed by atoms with van der Waals surface area (Å²) in [6.45, 7) is 1.22. The lowest BCUT2D eigenvalue weighted by molar-refractivity contribution is 0.112. The largest absolute Gasteiger partial charge is 0.507 e. The van der Waals surface area contributed by atoms with Crippen LogP contribution in [0, 0.1) is 0 Å². The van der Waals surface area contributed by atoms with Gasteiger partial charge in [0.25, 0.3) is 0 Å². The minimum atomic E-state index is -0.0609. The predicted molar refractivity (Wildman–Crippen MR) is 48.7 cm³/mol. The Balaban J connectivity index is 2.02. The van der Waals surface area contributed by atoms with Crippen LogP contribution >= 0.6 is 0 Å². The van der Waals surface area contributed by atoms with Crippen LogP contribution in [0.1, 0.15) is 10.4 Å². The third-order valence-electron chi connectivity index (χ3n) is 1.97. The van der Waals surface area contributed by atoms with E-state index < -0.39 is 0 Å². The zero-order valence-corrected chi connectivity index (χ0v) is 7.47. The van der Waals surface area contributed by atoms with Gasteiger partial charge in [0.05, 0.1) is 12.2 Å². The molecule has 74 valence electrons. The monoisotopic (exact) mass is 194 g/mol. The first kappa shape index (κ1) is 9.02. The number of aldehydes is 1. The van der Waals surface area contributed by atoms with Crippen molar-refractivity contribution >= 4 is 6.29 Å². The van der Waals surface area contributed by atoms with Crippen molar-refractivity contribution in [1.82, 2.24) is 0 Å². The number of rotatable bonds is 4. The van der Waals surface area contributed by atoms with Gasteiger partial charge in [-0.1, -0.05) is 0 Å². The molecule has 2 rings (SSSR count). The molecule has 1 aromatic carbocycles. The van der Waals surface area contributed by atoms with E-state index in [4.69, 9.17) is 9.47 Å². The zero-order chi connectivity index (χ0) is 9.97. The summed E-state index contributed by atoms with van der Waals surface area (Å²) in [5, 5.41) is 9.33. The number of hydrogen-bond acceptors (Lipinski definition) is 4. The van der Waals surface area contributed by atoms with Crippen LogP contribution in [0.3, 0.4) is 0 Å². The van der Waals surface area contributed by atoms with Gasteiger partial charge >= 0.3 is 0 Å². The van der Waals surface area contributed by atoms with E-state index in [2.05, 4.69) is 0 Å². The molecule has 0 amide bonds. The van der Waals surface area contributed by atoms with Crippen LogP contribution in [0.5, 0.6) is 11.5 Å². The first-order chi connectivity index (χ1) is 6.79. The van der Waals surface area contributed by atoms with Crippen molar-refractivity contribution in [3.8, 4) is 11.5 Å². The number of aromatic hydroxyl groups is 1. The smallest absolute Gasteiger partial charge is 0.153 e. The third-order valence-corrected chi connectivity index (χ3v) is 1.97. The molecule has 1 saturated heterocycles. The van der Waals surface area contributed by atoms with Crippen LogP contribution < -0.4 is 4.74 Å². The van der Waals surface area contributed by atoms with Crippen molar-refractivity contribution < 1.29 is 19.4 Å². The summed E-state index contributed by atoms with van der Waals surface area (Å²) in [6.07, 6.45) is 0.784. The lowest BCUT2D eigenvalue weighted by Gasteiger charge is -2.05. The topological polar surface area (TPSA) is 59.1 Å². The Morgan fingerprint density at radius 1 is 1.64 bits per heavy atom. The van der Waals surface area contributed by atoms with Gasteiger partial charge in [0.1, 0.15) is 24.2 Å². The maximum absolute atomic E-state index is 10.4. The Hall–Kier alpha value is -1.55. The minimum Gasteiger partial charge on any atom is -0.507 e. The van der Waals surface area contributed by atoms with E-state index in [9.17, 15) is 9.90 Å². The first-order valence-corrected chi connectivity index (χ1v) is 4.32. The Morgan fingerprint density at radius 3 is 3.00 bits per heavy atom. The van der Waals surface area contributed by atoms with Crippen LogP contribution in [-0.4, -0.2) is 30.7 Å². The standard InChI is InChI=1S/C10H10O4/c11-4-7-1-2-8(3-10(7)12)13-5-9-6-14-9/h1-4,9,12H,5-6H2. The van der Waals surface area contributed by atoms with Gasteiger partial charge < -0.3 is 14.6 Å². The van der Waals surface area contributed by atoms with E-state index in [1.165, 1.54) is 12.1 Å². The average molecular weight is 194 g/mol. The molecular formula is C10H10O4.